The van der Waals surface area contributed by atoms with E-state index in [-0.39, 0.29) is 21.6 Å². The zero-order valence-electron chi connectivity index (χ0n) is 12.9. The fraction of sp³-hybridized carbons (Fsp3) is 0. The largest absolute Gasteiger partial charge is 0.384 e. The number of aromatic nitrogens is 1. The molecule has 0 unspecified atom stereocenters. The topological polar surface area (TPSA) is 78.5 Å². The minimum Gasteiger partial charge on any atom is -0.384 e. The molecule has 0 spiro atoms. The summed E-state index contributed by atoms with van der Waals surface area (Å²) in [7, 11) is 0. The number of anilines is 1. The third-order valence-corrected chi connectivity index (χ3v) is 4.42. The van der Waals surface area contributed by atoms with Crippen molar-refractivity contribution in [3.63, 3.8) is 0 Å². The molecule has 3 aromatic rings. The van der Waals surface area contributed by atoms with E-state index >= 15 is 0 Å². The van der Waals surface area contributed by atoms with Crippen molar-refractivity contribution >= 4 is 29.6 Å². The molecule has 0 atom stereocenters. The van der Waals surface area contributed by atoms with Gasteiger partial charge in [-0.3, -0.25) is 4.57 Å². The molecule has 4 nitrogen and oxygen atoms in total. The highest BCUT2D eigenvalue weighted by Gasteiger charge is 2.20. The number of hydrogen-bond acceptors (Lipinski definition) is 4. The smallest absolute Gasteiger partial charge is 0.130 e. The number of hydrogen-bond donors (Lipinski definition) is 1. The quantitative estimate of drug-likeness (QED) is 0.661. The fourth-order valence-corrected chi connectivity index (χ4v) is 3.13. The van der Waals surface area contributed by atoms with Gasteiger partial charge in [0, 0.05) is 16.3 Å². The lowest BCUT2D eigenvalue weighted by atomic mass is 9.96. The van der Waals surface area contributed by atoms with Gasteiger partial charge < -0.3 is 5.73 Å². The van der Waals surface area contributed by atoms with Crippen molar-refractivity contribution in [2.75, 3.05) is 5.73 Å². The van der Waals surface area contributed by atoms with Gasteiger partial charge in [0.2, 0.25) is 0 Å². The van der Waals surface area contributed by atoms with Gasteiger partial charge in [-0.2, -0.15) is 10.5 Å². The third-order valence-electron chi connectivity index (χ3n) is 3.78. The number of nitrogen functional groups attached to an aromatic ring is 1. The van der Waals surface area contributed by atoms with Gasteiger partial charge in [-0.05, 0) is 29.8 Å². The van der Waals surface area contributed by atoms with Crippen LogP contribution in [0.4, 0.5) is 5.82 Å². The summed E-state index contributed by atoms with van der Waals surface area (Å²) in [6.07, 6.45) is 0. The van der Waals surface area contributed by atoms with Crippen molar-refractivity contribution in [1.82, 2.24) is 4.57 Å². The first-order valence-corrected chi connectivity index (χ1v) is 8.07. The Morgan fingerprint density at radius 3 is 2.08 bits per heavy atom. The van der Waals surface area contributed by atoms with Crippen LogP contribution in [0.25, 0.3) is 16.8 Å². The molecule has 3 rings (SSSR count). The van der Waals surface area contributed by atoms with Crippen LogP contribution in [0.3, 0.4) is 0 Å². The Bertz CT molecular complexity index is 1090. The summed E-state index contributed by atoms with van der Waals surface area (Å²) >= 11 is 11.4. The van der Waals surface area contributed by atoms with E-state index in [1.807, 2.05) is 30.3 Å². The van der Waals surface area contributed by atoms with Crippen LogP contribution in [-0.2, 0) is 0 Å². The Balaban J connectivity index is 2.44. The zero-order valence-corrected chi connectivity index (χ0v) is 14.5. The Morgan fingerprint density at radius 2 is 1.52 bits per heavy atom. The molecule has 2 N–H and O–H groups in total. The van der Waals surface area contributed by atoms with E-state index in [2.05, 4.69) is 12.1 Å². The Morgan fingerprint density at radius 1 is 0.920 bits per heavy atom. The molecule has 0 aliphatic rings. The number of nitrogens with zero attached hydrogens (tertiary/aromatic N) is 3. The van der Waals surface area contributed by atoms with E-state index in [0.717, 1.165) is 0 Å². The molecule has 25 heavy (non-hydrogen) atoms. The SMILES string of the molecule is N#Cc1c(-c2ccc(Cl)cc2)c(C#N)c(=S)n(-c2ccccc2)c1N. The lowest BCUT2D eigenvalue weighted by Gasteiger charge is -2.17. The van der Waals surface area contributed by atoms with Crippen LogP contribution in [0.2, 0.25) is 5.02 Å². The Labute approximate surface area is 154 Å². The van der Waals surface area contributed by atoms with Crippen LogP contribution >= 0.6 is 23.8 Å². The van der Waals surface area contributed by atoms with Crippen molar-refractivity contribution in [2.45, 2.75) is 0 Å². The second-order valence-electron chi connectivity index (χ2n) is 5.22. The summed E-state index contributed by atoms with van der Waals surface area (Å²) in [4.78, 5) is 0. The molecule has 0 aliphatic carbocycles. The molecule has 0 saturated carbocycles. The first kappa shape index (κ1) is 16.7. The number of halogens is 1. The summed E-state index contributed by atoms with van der Waals surface area (Å²) in [5.41, 5.74) is 8.47. The van der Waals surface area contributed by atoms with E-state index in [1.54, 1.807) is 28.8 Å². The van der Waals surface area contributed by atoms with Crippen molar-refractivity contribution in [2.24, 2.45) is 0 Å². The molecule has 0 saturated heterocycles. The summed E-state index contributed by atoms with van der Waals surface area (Å²) in [5.74, 6) is 0.197. The summed E-state index contributed by atoms with van der Waals surface area (Å²) in [5, 5.41) is 19.9. The molecular weight excluding hydrogens is 352 g/mol. The lowest BCUT2D eigenvalue weighted by molar-refractivity contribution is 1.03. The van der Waals surface area contributed by atoms with Gasteiger partial charge in [0.25, 0.3) is 0 Å². The van der Waals surface area contributed by atoms with Gasteiger partial charge >= 0.3 is 0 Å². The van der Waals surface area contributed by atoms with Crippen LogP contribution in [0.5, 0.6) is 0 Å². The molecule has 1 aromatic heterocycles. The molecule has 0 radical (unpaired) electrons. The molecule has 6 heteroatoms. The van der Waals surface area contributed by atoms with Gasteiger partial charge in [-0.25, -0.2) is 0 Å². The van der Waals surface area contributed by atoms with Crippen molar-refractivity contribution in [3.8, 4) is 29.0 Å². The Kier molecular flexibility index (Phi) is 4.54. The second-order valence-corrected chi connectivity index (χ2v) is 6.04. The predicted octanol–water partition coefficient (Wildman–Crippen LogP) is 4.85. The van der Waals surface area contributed by atoms with Gasteiger partial charge in [-0.1, -0.05) is 54.2 Å². The minimum atomic E-state index is 0.197. The molecule has 0 amide bonds. The van der Waals surface area contributed by atoms with E-state index in [1.165, 1.54) is 0 Å². The van der Waals surface area contributed by atoms with Gasteiger partial charge in [-0.15, -0.1) is 0 Å². The molecule has 120 valence electrons. The molecule has 2 aromatic carbocycles. The fourth-order valence-electron chi connectivity index (χ4n) is 2.65. The van der Waals surface area contributed by atoms with Crippen LogP contribution < -0.4 is 5.73 Å². The van der Waals surface area contributed by atoms with Crippen molar-refractivity contribution in [1.29, 1.82) is 10.5 Å². The van der Waals surface area contributed by atoms with Crippen LogP contribution in [-0.4, -0.2) is 4.57 Å². The number of pyridine rings is 1. The number of nitriles is 2. The lowest BCUT2D eigenvalue weighted by Crippen LogP contribution is -2.11. The highest BCUT2D eigenvalue weighted by atomic mass is 35.5. The maximum atomic E-state index is 9.69. The van der Waals surface area contributed by atoms with Crippen LogP contribution in [0.15, 0.2) is 54.6 Å². The average molecular weight is 363 g/mol. The first-order valence-electron chi connectivity index (χ1n) is 7.28. The summed E-state index contributed by atoms with van der Waals surface area (Å²) in [6, 6.07) is 20.3. The van der Waals surface area contributed by atoms with Gasteiger partial charge in [0.05, 0.1) is 5.56 Å². The minimum absolute atomic E-state index is 0.197. The van der Waals surface area contributed by atoms with Crippen molar-refractivity contribution < 1.29 is 0 Å². The number of nitrogens with two attached hydrogens (primary N) is 1. The van der Waals surface area contributed by atoms with Gasteiger partial charge in [0.15, 0.2) is 0 Å². The normalized spacial score (nSPS) is 10.0. The summed E-state index contributed by atoms with van der Waals surface area (Å²) in [6.45, 7) is 0. The van der Waals surface area contributed by atoms with Crippen LogP contribution in [0.1, 0.15) is 11.1 Å². The van der Waals surface area contributed by atoms with E-state index in [9.17, 15) is 10.5 Å². The number of rotatable bonds is 2. The second kappa shape index (κ2) is 6.78. The molecule has 0 fully saturated rings. The van der Waals surface area contributed by atoms with E-state index in [0.29, 0.717) is 21.8 Å². The predicted molar refractivity (Wildman–Crippen MR) is 101 cm³/mol. The first-order chi connectivity index (χ1) is 12.1. The molecule has 1 heterocycles. The van der Waals surface area contributed by atoms with Crippen LogP contribution in [0, 0.1) is 27.3 Å². The van der Waals surface area contributed by atoms with Crippen molar-refractivity contribution in [3.05, 3.63) is 75.4 Å². The summed E-state index contributed by atoms with van der Waals surface area (Å²) < 4.78 is 1.81. The Hall–Kier alpha value is -3.12. The van der Waals surface area contributed by atoms with E-state index < -0.39 is 0 Å². The highest BCUT2D eigenvalue weighted by molar-refractivity contribution is 7.71. The molecular formula is C19H11ClN4S. The van der Waals surface area contributed by atoms with E-state index in [4.69, 9.17) is 29.6 Å². The molecule has 0 bridgehead atoms. The highest BCUT2D eigenvalue weighted by Crippen LogP contribution is 2.34. The monoisotopic (exact) mass is 362 g/mol. The third kappa shape index (κ3) is 2.88. The number of benzene rings is 2. The maximum Gasteiger partial charge on any atom is 0.130 e. The average Bonchev–Trinajstić information content (AvgIpc) is 2.63. The standard InChI is InChI=1S/C19H11ClN4S/c20-13-8-6-12(7-9-13)17-15(10-21)18(23)24(19(25)16(17)11-22)14-4-2-1-3-5-14/h1-9H,23H2. The maximum absolute atomic E-state index is 9.69. The molecule has 0 aliphatic heterocycles. The number of para-hydroxylation sites is 1. The van der Waals surface area contributed by atoms with Gasteiger partial charge in [0.1, 0.15) is 28.2 Å². The zero-order chi connectivity index (χ0) is 18.0.